The van der Waals surface area contributed by atoms with Crippen molar-refractivity contribution in [2.24, 2.45) is 17.8 Å². The van der Waals surface area contributed by atoms with Gasteiger partial charge in [-0.25, -0.2) is 0 Å². The zero-order valence-electron chi connectivity index (χ0n) is 18.6. The van der Waals surface area contributed by atoms with Crippen LogP contribution in [0.25, 0.3) is 0 Å². The van der Waals surface area contributed by atoms with Crippen LogP contribution in [0.3, 0.4) is 0 Å². The van der Waals surface area contributed by atoms with Crippen molar-refractivity contribution in [3.05, 3.63) is 17.8 Å². The van der Waals surface area contributed by atoms with Crippen LogP contribution in [0.1, 0.15) is 37.8 Å². The quantitative estimate of drug-likeness (QED) is 0.509. The molecule has 2 heterocycles. The van der Waals surface area contributed by atoms with Crippen molar-refractivity contribution >= 4 is 17.6 Å². The molecule has 0 amide bonds. The maximum absolute atomic E-state index is 10.9. The molecule has 0 aliphatic heterocycles. The van der Waals surface area contributed by atoms with E-state index in [-0.39, 0.29) is 0 Å². The molecule has 0 radical (unpaired) electrons. The number of anilines is 3. The molecule has 31 heavy (non-hydrogen) atoms. The number of likely N-dealkylation sites (N-methyl/N-ethyl adjacent to an activating group) is 1. The van der Waals surface area contributed by atoms with E-state index in [0.717, 1.165) is 31.5 Å². The fraction of sp³-hybridized carbons (Fsp3) is 0.682. The van der Waals surface area contributed by atoms with E-state index >= 15 is 0 Å². The van der Waals surface area contributed by atoms with Crippen LogP contribution < -0.4 is 15.4 Å². The molecule has 6 rings (SSSR count). The van der Waals surface area contributed by atoms with Crippen molar-refractivity contribution in [2.45, 2.75) is 50.7 Å². The predicted molar refractivity (Wildman–Crippen MR) is 119 cm³/mol. The minimum atomic E-state index is -0.447. The van der Waals surface area contributed by atoms with Gasteiger partial charge in [0.2, 0.25) is 11.8 Å². The van der Waals surface area contributed by atoms with Gasteiger partial charge in [-0.1, -0.05) is 0 Å². The smallest absolute Gasteiger partial charge is 0.228 e. The summed E-state index contributed by atoms with van der Waals surface area (Å²) in [6.45, 7) is 3.32. The summed E-state index contributed by atoms with van der Waals surface area (Å²) in [5, 5.41) is 24.9. The lowest BCUT2D eigenvalue weighted by molar-refractivity contribution is -0.129. The molecule has 2 atom stereocenters. The second-order valence-electron chi connectivity index (χ2n) is 9.99. The summed E-state index contributed by atoms with van der Waals surface area (Å²) in [4.78, 5) is 11.4. The predicted octanol–water partition coefficient (Wildman–Crippen LogP) is 2.54. The largest absolute Gasteiger partial charge is 0.476 e. The minimum absolute atomic E-state index is 0.300. The van der Waals surface area contributed by atoms with Crippen LogP contribution in [0.5, 0.6) is 5.88 Å². The second kappa shape index (κ2) is 7.94. The summed E-state index contributed by atoms with van der Waals surface area (Å²) in [5.41, 5.74) is 0.529. The Hall–Kier alpha value is -2.39. The molecule has 4 aliphatic carbocycles. The third-order valence-corrected chi connectivity index (χ3v) is 6.99. The fourth-order valence-electron chi connectivity index (χ4n) is 5.94. The molecule has 4 fully saturated rings. The molecule has 9 nitrogen and oxygen atoms in total. The molecule has 0 spiro atoms. The van der Waals surface area contributed by atoms with Gasteiger partial charge in [0, 0.05) is 30.4 Å². The number of nitrogens with one attached hydrogen (secondary N) is 3. The fourth-order valence-corrected chi connectivity index (χ4v) is 5.94. The number of H-pyrrole nitrogens is 1. The molecular weight excluding hydrogens is 394 g/mol. The number of ether oxygens (including phenoxy) is 1. The number of hydrogen-bond acceptors (Lipinski definition) is 8. The lowest BCUT2D eigenvalue weighted by Crippen LogP contribution is -2.59. The summed E-state index contributed by atoms with van der Waals surface area (Å²) in [6, 6.07) is 4.04. The van der Waals surface area contributed by atoms with Gasteiger partial charge in [-0.05, 0) is 70.9 Å². The Morgan fingerprint density at radius 1 is 1.16 bits per heavy atom. The zero-order chi connectivity index (χ0) is 21.6. The van der Waals surface area contributed by atoms with Crippen molar-refractivity contribution in [2.75, 3.05) is 37.9 Å². The maximum Gasteiger partial charge on any atom is 0.228 e. The highest BCUT2D eigenvalue weighted by molar-refractivity contribution is 5.55. The molecule has 4 N–H and O–H groups in total. The Bertz CT molecular complexity index is 914. The van der Waals surface area contributed by atoms with Gasteiger partial charge in [0.25, 0.3) is 0 Å². The second-order valence-corrected chi connectivity index (χ2v) is 9.99. The minimum Gasteiger partial charge on any atom is -0.476 e. The standard InChI is InChI=1S/C22H33N7O2/c1-13-6-18(28-27-13)23-17-9-19(31-5-4-29(2)3)25-21(24-17)26-20-15-7-14-8-16(20)12-22(30,10-14)11-15/h6,9,14-16,20,30H,4-5,7-8,10-12H2,1-3H3,(H3,23,24,25,26,27,28). The first-order chi connectivity index (χ1) is 14.8. The molecule has 9 heteroatoms. The number of aromatic amines is 1. The first-order valence-electron chi connectivity index (χ1n) is 11.3. The number of aliphatic hydroxyl groups is 1. The Kier molecular flexibility index (Phi) is 5.26. The van der Waals surface area contributed by atoms with Gasteiger partial charge in [-0.3, -0.25) is 5.10 Å². The molecule has 0 saturated heterocycles. The highest BCUT2D eigenvalue weighted by Crippen LogP contribution is 2.56. The van der Waals surface area contributed by atoms with Crippen LogP contribution in [0, 0.1) is 24.7 Å². The van der Waals surface area contributed by atoms with E-state index in [1.54, 1.807) is 0 Å². The molecule has 4 saturated carbocycles. The number of rotatable bonds is 8. The molecule has 4 aliphatic rings. The average molecular weight is 428 g/mol. The first kappa shape index (κ1) is 20.5. The van der Waals surface area contributed by atoms with E-state index in [1.807, 2.05) is 33.2 Å². The van der Waals surface area contributed by atoms with Crippen molar-refractivity contribution in [1.29, 1.82) is 0 Å². The number of aryl methyl sites for hydroxylation is 1. The monoisotopic (exact) mass is 427 g/mol. The topological polar surface area (TPSA) is 111 Å². The lowest BCUT2D eigenvalue weighted by Gasteiger charge is -2.58. The van der Waals surface area contributed by atoms with Gasteiger partial charge in [0.1, 0.15) is 12.4 Å². The van der Waals surface area contributed by atoms with Crippen molar-refractivity contribution in [1.82, 2.24) is 25.1 Å². The summed E-state index contributed by atoms with van der Waals surface area (Å²) < 4.78 is 5.92. The van der Waals surface area contributed by atoms with E-state index in [9.17, 15) is 5.11 Å². The van der Waals surface area contributed by atoms with Gasteiger partial charge in [-0.2, -0.15) is 15.1 Å². The Morgan fingerprint density at radius 3 is 2.58 bits per heavy atom. The van der Waals surface area contributed by atoms with Gasteiger partial charge in [0.15, 0.2) is 5.82 Å². The van der Waals surface area contributed by atoms with Crippen LogP contribution >= 0.6 is 0 Å². The Balaban J connectivity index is 1.35. The van der Waals surface area contributed by atoms with E-state index in [2.05, 4.69) is 30.7 Å². The SMILES string of the molecule is Cc1cc(Nc2cc(OCCN(C)C)nc(NC3C4CC5CC3CC(O)(C5)C4)n2)n[nH]1. The van der Waals surface area contributed by atoms with E-state index < -0.39 is 5.60 Å². The van der Waals surface area contributed by atoms with E-state index in [0.29, 0.717) is 53.9 Å². The average Bonchev–Trinajstić information content (AvgIpc) is 3.07. The Morgan fingerprint density at radius 2 is 1.94 bits per heavy atom. The number of hydrogen-bond donors (Lipinski definition) is 4. The zero-order valence-corrected chi connectivity index (χ0v) is 18.6. The van der Waals surface area contributed by atoms with Crippen LogP contribution in [0.2, 0.25) is 0 Å². The highest BCUT2D eigenvalue weighted by atomic mass is 16.5. The third-order valence-electron chi connectivity index (χ3n) is 6.99. The summed E-state index contributed by atoms with van der Waals surface area (Å²) >= 11 is 0. The van der Waals surface area contributed by atoms with Crippen LogP contribution in [-0.2, 0) is 0 Å². The van der Waals surface area contributed by atoms with Crippen LogP contribution in [0.4, 0.5) is 17.6 Å². The van der Waals surface area contributed by atoms with Gasteiger partial charge >= 0.3 is 0 Å². The van der Waals surface area contributed by atoms with E-state index in [1.165, 1.54) is 12.8 Å². The van der Waals surface area contributed by atoms with Crippen LogP contribution in [0.15, 0.2) is 12.1 Å². The maximum atomic E-state index is 10.9. The van der Waals surface area contributed by atoms with Gasteiger partial charge < -0.3 is 25.4 Å². The summed E-state index contributed by atoms with van der Waals surface area (Å²) in [6.07, 6.45) is 5.12. The summed E-state index contributed by atoms with van der Waals surface area (Å²) in [5.74, 6) is 4.08. The Labute approximate surface area is 183 Å². The summed E-state index contributed by atoms with van der Waals surface area (Å²) in [7, 11) is 4.03. The molecule has 0 aromatic carbocycles. The van der Waals surface area contributed by atoms with Crippen LogP contribution in [-0.4, -0.2) is 69.1 Å². The highest BCUT2D eigenvalue weighted by Gasteiger charge is 2.54. The van der Waals surface area contributed by atoms with Crippen molar-refractivity contribution in [3.63, 3.8) is 0 Å². The molecule has 2 aromatic rings. The molecule has 168 valence electrons. The molecular formula is C22H33N7O2. The molecule has 2 aromatic heterocycles. The van der Waals surface area contributed by atoms with Crippen molar-refractivity contribution in [3.8, 4) is 5.88 Å². The number of aromatic nitrogens is 4. The van der Waals surface area contributed by atoms with Gasteiger partial charge in [-0.15, -0.1) is 0 Å². The number of nitrogens with zero attached hydrogens (tertiary/aromatic N) is 4. The molecule has 2 unspecified atom stereocenters. The van der Waals surface area contributed by atoms with Gasteiger partial charge in [0.05, 0.1) is 5.60 Å². The van der Waals surface area contributed by atoms with E-state index in [4.69, 9.17) is 9.72 Å². The van der Waals surface area contributed by atoms with Crippen molar-refractivity contribution < 1.29 is 9.84 Å². The normalized spacial score (nSPS) is 31.3. The molecule has 4 bridgehead atoms. The first-order valence-corrected chi connectivity index (χ1v) is 11.3. The third kappa shape index (κ3) is 4.48. The lowest BCUT2D eigenvalue weighted by atomic mass is 9.52.